The van der Waals surface area contributed by atoms with Crippen LogP contribution in [0, 0.1) is 5.82 Å². The first-order chi connectivity index (χ1) is 18.4. The van der Waals surface area contributed by atoms with Crippen molar-refractivity contribution >= 4 is 36.4 Å². The number of aliphatic hydroxyl groups excluding tert-OH is 1. The van der Waals surface area contributed by atoms with E-state index in [0.717, 1.165) is 5.56 Å². The average molecular weight is 664 g/mol. The van der Waals surface area contributed by atoms with Crippen LogP contribution >= 0.6 is 30.8 Å². The van der Waals surface area contributed by atoms with Gasteiger partial charge in [0.2, 0.25) is 0 Å². The predicted molar refractivity (Wildman–Crippen MR) is 159 cm³/mol. The van der Waals surface area contributed by atoms with Crippen molar-refractivity contribution < 1.29 is 44.9 Å². The Hall–Kier alpha value is -1.55. The topological polar surface area (TPSA) is 55.8 Å². The summed E-state index contributed by atoms with van der Waals surface area (Å²) < 4.78 is 23.6. The van der Waals surface area contributed by atoms with Crippen molar-refractivity contribution in [1.29, 1.82) is 0 Å². The van der Waals surface area contributed by atoms with E-state index in [4.69, 9.17) is 32.2 Å². The summed E-state index contributed by atoms with van der Waals surface area (Å²) in [5, 5.41) is 11.5. The maximum atomic E-state index is 12.9. The van der Waals surface area contributed by atoms with E-state index < -0.39 is 13.7 Å². The quantitative estimate of drug-likeness (QED) is 0.136. The summed E-state index contributed by atoms with van der Waals surface area (Å²) >= 11 is 12.1. The molecule has 0 saturated heterocycles. The Morgan fingerprint density at radius 1 is 0.897 bits per heavy atom. The Kier molecular flexibility index (Phi) is 18.5. The number of hydrogen-bond donors (Lipinski definition) is 1. The number of benzene rings is 2. The van der Waals surface area contributed by atoms with E-state index in [2.05, 4.69) is 5.82 Å². The van der Waals surface area contributed by atoms with Crippen LogP contribution in [0.1, 0.15) is 43.9 Å². The second-order valence-electron chi connectivity index (χ2n) is 7.93. The van der Waals surface area contributed by atoms with Crippen LogP contribution in [-0.2, 0) is 39.8 Å². The molecule has 0 aliphatic heterocycles. The molecule has 0 amide bonds. The van der Waals surface area contributed by atoms with Crippen LogP contribution in [0.25, 0.3) is 5.57 Å². The molecule has 0 fully saturated rings. The van der Waals surface area contributed by atoms with Gasteiger partial charge in [0.05, 0.1) is 19.3 Å². The predicted octanol–water partition coefficient (Wildman–Crippen LogP) is 9.73. The van der Waals surface area contributed by atoms with E-state index in [0.29, 0.717) is 34.0 Å². The third-order valence-corrected chi connectivity index (χ3v) is 7.40. The van der Waals surface area contributed by atoms with Gasteiger partial charge in [0, 0.05) is 10.0 Å². The Bertz CT molecular complexity index is 1140. The second kappa shape index (κ2) is 20.3. The van der Waals surface area contributed by atoms with Crippen molar-refractivity contribution in [2.75, 3.05) is 13.2 Å². The molecular formula is C31H34Cl2O4PZr. The van der Waals surface area contributed by atoms with Crippen LogP contribution in [0.15, 0.2) is 109 Å². The molecule has 1 radical (unpaired) electrons. The number of hydrogen-bond acceptors (Lipinski definition) is 4. The monoisotopic (exact) mass is 661 g/mol. The van der Waals surface area contributed by atoms with Gasteiger partial charge in [0.1, 0.15) is 0 Å². The fraction of sp³-hybridized carbons (Fsp3) is 0.226. The van der Waals surface area contributed by atoms with E-state index in [1.165, 1.54) is 0 Å². The van der Waals surface area contributed by atoms with Crippen LogP contribution in [0.4, 0.5) is 0 Å². The average Bonchev–Trinajstić information content (AvgIpc) is 3.67. The number of halogens is 2. The van der Waals surface area contributed by atoms with E-state index in [-0.39, 0.29) is 39.4 Å². The number of rotatable bonds is 10. The zero-order chi connectivity index (χ0) is 27.6. The molecule has 39 heavy (non-hydrogen) atoms. The summed E-state index contributed by atoms with van der Waals surface area (Å²) in [5.41, 5.74) is 2.10. The maximum Gasteiger partial charge on any atom is 3.00 e. The molecule has 4 rings (SSSR count). The second-order valence-corrected chi connectivity index (χ2v) is 10.5. The Balaban J connectivity index is 0.000000571. The molecule has 0 bridgehead atoms. The summed E-state index contributed by atoms with van der Waals surface area (Å²) in [6, 6.07) is 34.4. The van der Waals surface area contributed by atoms with Crippen molar-refractivity contribution in [2.45, 2.75) is 32.8 Å². The number of allylic oxidation sites excluding steroid dienone is 1. The molecular weight excluding hydrogens is 629 g/mol. The molecule has 0 aromatic heterocycles. The van der Waals surface area contributed by atoms with Crippen molar-refractivity contribution in [3.63, 3.8) is 0 Å². The molecule has 1 N–H and O–H groups in total. The first-order valence-electron chi connectivity index (χ1n) is 12.4. The molecule has 0 aliphatic carbocycles. The molecule has 1 atom stereocenters. The van der Waals surface area contributed by atoms with Gasteiger partial charge in [-0.25, -0.2) is 29.8 Å². The van der Waals surface area contributed by atoms with Gasteiger partial charge in [-0.3, -0.25) is 4.57 Å². The summed E-state index contributed by atoms with van der Waals surface area (Å²) in [6.07, 6.45) is -0.0330. The first kappa shape index (κ1) is 35.5. The van der Waals surface area contributed by atoms with Crippen LogP contribution in [0.3, 0.4) is 0 Å². The zero-order valence-electron chi connectivity index (χ0n) is 22.2. The molecule has 0 spiro atoms. The molecule has 4 aromatic rings. The van der Waals surface area contributed by atoms with Gasteiger partial charge >= 0.3 is 26.2 Å². The van der Waals surface area contributed by atoms with Gasteiger partial charge in [-0.1, -0.05) is 53.9 Å². The zero-order valence-corrected chi connectivity index (χ0v) is 27.0. The third kappa shape index (κ3) is 14.1. The van der Waals surface area contributed by atoms with Crippen LogP contribution in [0.2, 0.25) is 10.0 Å². The molecule has 4 aromatic carbocycles. The fourth-order valence-electron chi connectivity index (χ4n) is 3.36. The molecule has 8 heteroatoms. The standard InChI is InChI=1S/C21H24Cl2O4P.2C5H5.Zr/c1-3-26-28(25,27-4-2)15-17(16-8-6-5-7-9-16)10-13-21(24)19-12-11-18(22)14-20(19)23;2*1-2-4-5-3-1;/h5-9,11-12,14,21,24H,3-4,10,13H2,1-2H3;2*1-5H;/q3*-1;+3. The summed E-state index contributed by atoms with van der Waals surface area (Å²) in [7, 11) is -3.50. The van der Waals surface area contributed by atoms with Gasteiger partial charge in [0.15, 0.2) is 0 Å². The van der Waals surface area contributed by atoms with Crippen molar-refractivity contribution in [3.05, 3.63) is 136 Å². The van der Waals surface area contributed by atoms with Crippen molar-refractivity contribution in [3.8, 4) is 0 Å². The van der Waals surface area contributed by atoms with E-state index in [1.807, 2.05) is 91.0 Å². The first-order valence-corrected chi connectivity index (χ1v) is 14.7. The Morgan fingerprint density at radius 2 is 1.44 bits per heavy atom. The van der Waals surface area contributed by atoms with Crippen molar-refractivity contribution in [2.24, 2.45) is 0 Å². The normalized spacial score (nSPS) is 11.8. The van der Waals surface area contributed by atoms with Crippen molar-refractivity contribution in [1.82, 2.24) is 0 Å². The summed E-state index contributed by atoms with van der Waals surface area (Å²) in [4.78, 5) is 0. The molecule has 0 heterocycles. The van der Waals surface area contributed by atoms with Gasteiger partial charge in [0.25, 0.3) is 7.60 Å². The molecule has 1 unspecified atom stereocenters. The van der Waals surface area contributed by atoms with E-state index in [9.17, 15) is 9.67 Å². The summed E-state index contributed by atoms with van der Waals surface area (Å²) in [5.74, 6) is 2.94. The molecule has 0 saturated carbocycles. The SMILES string of the molecule is CCOP(=O)([C-]=C(CCC(O)c1ccc(Cl)cc1Cl)c1ccccc1)OCC.[Zr+3].c1cc[cH-]c1.c1cc[cH-]c1. The van der Waals surface area contributed by atoms with Crippen LogP contribution in [0.5, 0.6) is 0 Å². The Labute approximate surface area is 262 Å². The van der Waals surface area contributed by atoms with E-state index >= 15 is 0 Å². The summed E-state index contributed by atoms with van der Waals surface area (Å²) in [6.45, 7) is 3.99. The van der Waals surface area contributed by atoms with Crippen LogP contribution < -0.4 is 0 Å². The fourth-order valence-corrected chi connectivity index (χ4v) is 5.35. The molecule has 0 aliphatic rings. The minimum atomic E-state index is -3.50. The van der Waals surface area contributed by atoms with Gasteiger partial charge in [-0.2, -0.15) is 42.0 Å². The smallest absolute Gasteiger partial charge is 0.388 e. The molecule has 205 valence electrons. The third-order valence-electron chi connectivity index (χ3n) is 5.09. The minimum absolute atomic E-state index is 0. The minimum Gasteiger partial charge on any atom is -0.388 e. The number of aliphatic hydroxyl groups is 1. The van der Waals surface area contributed by atoms with Gasteiger partial charge < -0.3 is 14.2 Å². The Morgan fingerprint density at radius 3 is 1.87 bits per heavy atom. The maximum absolute atomic E-state index is 12.9. The van der Waals surface area contributed by atoms with E-state index in [1.54, 1.807) is 32.0 Å². The largest absolute Gasteiger partial charge is 3.00 e. The van der Waals surface area contributed by atoms with Gasteiger partial charge in [-0.05, 0) is 38.0 Å². The van der Waals surface area contributed by atoms with Gasteiger partial charge in [-0.15, -0.1) is 17.9 Å². The van der Waals surface area contributed by atoms with Crippen LogP contribution in [-0.4, -0.2) is 18.3 Å². The molecule has 4 nitrogen and oxygen atoms in total.